The van der Waals surface area contributed by atoms with Crippen LogP contribution in [0, 0.1) is 13.8 Å². The van der Waals surface area contributed by atoms with Crippen molar-refractivity contribution in [3.63, 3.8) is 0 Å². The largest absolute Gasteiger partial charge is 0.325 e. The summed E-state index contributed by atoms with van der Waals surface area (Å²) < 4.78 is 2.89. The molecule has 3 aromatic rings. The fourth-order valence-electron chi connectivity index (χ4n) is 2.53. The molecule has 0 radical (unpaired) electrons. The number of nitrogens with one attached hydrogen (secondary N) is 1. The van der Waals surface area contributed by atoms with Crippen molar-refractivity contribution in [2.24, 2.45) is 0 Å². The average Bonchev–Trinajstić information content (AvgIpc) is 3.04. The van der Waals surface area contributed by atoms with Crippen LogP contribution in [0.2, 0.25) is 0 Å². The Balaban J connectivity index is 1.74. The van der Waals surface area contributed by atoms with Gasteiger partial charge in [0.15, 0.2) is 5.16 Å². The van der Waals surface area contributed by atoms with Crippen LogP contribution in [0.5, 0.6) is 0 Å². The number of anilines is 1. The van der Waals surface area contributed by atoms with Crippen LogP contribution in [0.4, 0.5) is 5.69 Å². The van der Waals surface area contributed by atoms with E-state index in [1.165, 1.54) is 17.3 Å². The molecule has 0 saturated heterocycles. The lowest BCUT2D eigenvalue weighted by Crippen LogP contribution is -2.22. The molecule has 0 saturated carbocycles. The topological polar surface area (TPSA) is 59.8 Å². The smallest absolute Gasteiger partial charge is 0.237 e. The molecule has 134 valence electrons. The third-order valence-electron chi connectivity index (χ3n) is 3.89. The Morgan fingerprint density at radius 1 is 1.19 bits per heavy atom. The lowest BCUT2D eigenvalue weighted by Gasteiger charge is -2.14. The average molecular weight is 431 g/mol. The Morgan fingerprint density at radius 2 is 1.92 bits per heavy atom. The third-order valence-corrected chi connectivity index (χ3v) is 5.48. The molecule has 5 nitrogen and oxygen atoms in total. The van der Waals surface area contributed by atoms with E-state index in [0.29, 0.717) is 5.16 Å². The normalized spacial score (nSPS) is 12.0. The van der Waals surface area contributed by atoms with E-state index in [0.717, 1.165) is 21.4 Å². The zero-order valence-electron chi connectivity index (χ0n) is 14.7. The van der Waals surface area contributed by atoms with Gasteiger partial charge in [0.05, 0.1) is 10.9 Å². The first-order valence-corrected chi connectivity index (χ1v) is 9.82. The molecule has 26 heavy (non-hydrogen) atoms. The molecule has 7 heteroatoms. The predicted molar refractivity (Wildman–Crippen MR) is 109 cm³/mol. The van der Waals surface area contributed by atoms with Gasteiger partial charge in [0.1, 0.15) is 6.33 Å². The molecule has 1 aromatic heterocycles. The second kappa shape index (κ2) is 8.05. The molecule has 0 fully saturated rings. The number of benzene rings is 2. The fraction of sp³-hybridized carbons (Fsp3) is 0.211. The van der Waals surface area contributed by atoms with Gasteiger partial charge in [0.25, 0.3) is 0 Å². The summed E-state index contributed by atoms with van der Waals surface area (Å²) in [4.78, 5) is 12.5. The summed E-state index contributed by atoms with van der Waals surface area (Å²) in [7, 11) is 0. The minimum atomic E-state index is -0.313. The van der Waals surface area contributed by atoms with Gasteiger partial charge in [-0.05, 0) is 56.7 Å². The van der Waals surface area contributed by atoms with Crippen LogP contribution < -0.4 is 5.32 Å². The quantitative estimate of drug-likeness (QED) is 0.592. The number of aromatic nitrogens is 3. The van der Waals surface area contributed by atoms with Crippen molar-refractivity contribution in [1.82, 2.24) is 14.8 Å². The van der Waals surface area contributed by atoms with Crippen LogP contribution >= 0.6 is 27.7 Å². The van der Waals surface area contributed by atoms with Crippen LogP contribution in [0.25, 0.3) is 5.69 Å². The monoisotopic (exact) mass is 430 g/mol. The zero-order valence-corrected chi connectivity index (χ0v) is 17.1. The van der Waals surface area contributed by atoms with Gasteiger partial charge in [-0.1, -0.05) is 45.4 Å². The van der Waals surface area contributed by atoms with Gasteiger partial charge >= 0.3 is 0 Å². The highest BCUT2D eigenvalue weighted by Gasteiger charge is 2.19. The Bertz CT molecular complexity index is 924. The van der Waals surface area contributed by atoms with E-state index in [4.69, 9.17) is 0 Å². The molecule has 0 aliphatic rings. The third kappa shape index (κ3) is 4.34. The molecule has 0 bridgehead atoms. The van der Waals surface area contributed by atoms with Crippen molar-refractivity contribution in [3.8, 4) is 5.69 Å². The van der Waals surface area contributed by atoms with Crippen LogP contribution in [0.15, 0.2) is 58.4 Å². The molecule has 1 amide bonds. The number of hydrogen-bond acceptors (Lipinski definition) is 4. The van der Waals surface area contributed by atoms with E-state index >= 15 is 0 Å². The minimum absolute atomic E-state index is 0.0764. The summed E-state index contributed by atoms with van der Waals surface area (Å²) in [6.45, 7) is 5.98. The summed E-state index contributed by atoms with van der Waals surface area (Å²) >= 11 is 4.77. The van der Waals surface area contributed by atoms with Crippen LogP contribution in [0.3, 0.4) is 0 Å². The highest BCUT2D eigenvalue weighted by atomic mass is 79.9. The second-order valence-electron chi connectivity index (χ2n) is 6.03. The van der Waals surface area contributed by atoms with E-state index < -0.39 is 0 Å². The molecule has 0 aliphatic heterocycles. The number of hydrogen-bond donors (Lipinski definition) is 1. The minimum Gasteiger partial charge on any atom is -0.325 e. The van der Waals surface area contributed by atoms with Crippen LogP contribution in [0.1, 0.15) is 18.1 Å². The Morgan fingerprint density at radius 3 is 2.62 bits per heavy atom. The molecule has 0 spiro atoms. The summed E-state index contributed by atoms with van der Waals surface area (Å²) in [5.74, 6) is -0.0764. The Kier molecular flexibility index (Phi) is 5.78. The molecule has 3 rings (SSSR count). The van der Waals surface area contributed by atoms with Gasteiger partial charge in [0, 0.05) is 10.2 Å². The van der Waals surface area contributed by atoms with E-state index in [1.54, 1.807) is 6.33 Å². The number of carbonyl (C=O) groups is 1. The molecule has 2 aromatic carbocycles. The second-order valence-corrected chi connectivity index (χ2v) is 8.25. The number of aryl methyl sites for hydroxylation is 2. The molecule has 0 aliphatic carbocycles. The number of halogens is 1. The maximum Gasteiger partial charge on any atom is 0.237 e. The molecule has 1 heterocycles. The van der Waals surface area contributed by atoms with E-state index in [9.17, 15) is 4.79 Å². The molecular formula is C19H19BrN4OS. The van der Waals surface area contributed by atoms with E-state index in [-0.39, 0.29) is 11.2 Å². The number of nitrogens with zero attached hydrogens (tertiary/aromatic N) is 3. The maximum atomic E-state index is 12.5. The first-order valence-electron chi connectivity index (χ1n) is 8.15. The number of carbonyl (C=O) groups excluding carboxylic acids is 1. The van der Waals surface area contributed by atoms with Gasteiger partial charge < -0.3 is 5.32 Å². The highest BCUT2D eigenvalue weighted by molar-refractivity contribution is 9.10. The first kappa shape index (κ1) is 18.7. The molecular weight excluding hydrogens is 412 g/mol. The summed E-state index contributed by atoms with van der Waals surface area (Å²) in [5.41, 5.74) is 4.12. The number of amides is 1. The van der Waals surface area contributed by atoms with Gasteiger partial charge in [-0.25, -0.2) is 0 Å². The summed E-state index contributed by atoms with van der Waals surface area (Å²) in [6.07, 6.45) is 1.68. The van der Waals surface area contributed by atoms with Gasteiger partial charge in [-0.15, -0.1) is 10.2 Å². The summed E-state index contributed by atoms with van der Waals surface area (Å²) in [6, 6.07) is 13.7. The molecule has 1 N–H and O–H groups in total. The zero-order chi connectivity index (χ0) is 18.7. The van der Waals surface area contributed by atoms with Crippen LogP contribution in [-0.2, 0) is 4.79 Å². The Labute approximate surface area is 165 Å². The van der Waals surface area contributed by atoms with Crippen molar-refractivity contribution < 1.29 is 4.79 Å². The number of rotatable bonds is 5. The maximum absolute atomic E-state index is 12.5. The molecule has 1 unspecified atom stereocenters. The van der Waals surface area contributed by atoms with Crippen molar-refractivity contribution in [2.45, 2.75) is 31.2 Å². The lowest BCUT2D eigenvalue weighted by molar-refractivity contribution is -0.115. The Hall–Kier alpha value is -2.12. The van der Waals surface area contributed by atoms with Gasteiger partial charge in [-0.3, -0.25) is 9.36 Å². The van der Waals surface area contributed by atoms with Gasteiger partial charge in [-0.2, -0.15) is 0 Å². The number of thioether (sulfide) groups is 1. The van der Waals surface area contributed by atoms with E-state index in [1.807, 2.05) is 41.8 Å². The van der Waals surface area contributed by atoms with Crippen molar-refractivity contribution >= 4 is 39.3 Å². The molecule has 1 atom stereocenters. The van der Waals surface area contributed by atoms with Crippen molar-refractivity contribution in [2.75, 3.05) is 5.32 Å². The summed E-state index contributed by atoms with van der Waals surface area (Å²) in [5, 5.41) is 11.5. The predicted octanol–water partition coefficient (Wildman–Crippen LogP) is 4.77. The highest BCUT2D eigenvalue weighted by Crippen LogP contribution is 2.26. The lowest BCUT2D eigenvalue weighted by atomic mass is 10.1. The standard InChI is InChI=1S/C19H19BrN4OS/c1-12-4-9-17(13(2)10-12)24-11-21-23-19(24)26-14(3)18(25)22-16-7-5-15(20)6-8-16/h4-11,14H,1-3H3,(H,22,25). The SMILES string of the molecule is Cc1ccc(-n2cnnc2SC(C)C(=O)Nc2ccc(Br)cc2)c(C)c1. The van der Waals surface area contributed by atoms with Crippen LogP contribution in [-0.4, -0.2) is 25.9 Å². The first-order chi connectivity index (χ1) is 12.4. The van der Waals surface area contributed by atoms with Crippen molar-refractivity contribution in [1.29, 1.82) is 0 Å². The van der Waals surface area contributed by atoms with Gasteiger partial charge in [0.2, 0.25) is 5.91 Å². The fourth-order valence-corrected chi connectivity index (χ4v) is 3.63. The van der Waals surface area contributed by atoms with Crippen molar-refractivity contribution in [3.05, 3.63) is 64.4 Å². The van der Waals surface area contributed by atoms with E-state index in [2.05, 4.69) is 57.4 Å².